The molecular weight excluding hydrogens is 481 g/mol. The molecule has 2 unspecified atom stereocenters. The molecule has 3 N–H and O–H groups in total. The lowest BCUT2D eigenvalue weighted by molar-refractivity contribution is -0.147. The molecule has 2 fully saturated rings. The van der Waals surface area contributed by atoms with Crippen molar-refractivity contribution in [2.24, 2.45) is 11.8 Å². The van der Waals surface area contributed by atoms with Crippen molar-refractivity contribution in [3.63, 3.8) is 0 Å². The van der Waals surface area contributed by atoms with Crippen LogP contribution in [0.2, 0.25) is 0 Å². The molecule has 0 radical (unpaired) electrons. The third-order valence-electron chi connectivity index (χ3n) is 6.48. The summed E-state index contributed by atoms with van der Waals surface area (Å²) in [6.45, 7) is 3.33. The quantitative estimate of drug-likeness (QED) is 0.221. The van der Waals surface area contributed by atoms with Gasteiger partial charge in [-0.25, -0.2) is 0 Å². The largest absolute Gasteiger partial charge is 0.491 e. The van der Waals surface area contributed by atoms with Gasteiger partial charge in [0.1, 0.15) is 18.5 Å². The summed E-state index contributed by atoms with van der Waals surface area (Å²) in [5.74, 6) is -0.930. The highest BCUT2D eigenvalue weighted by Crippen LogP contribution is 2.42. The van der Waals surface area contributed by atoms with E-state index in [0.717, 1.165) is 12.1 Å². The number of carbonyl (C=O) groups excluding carboxylic acids is 1. The molecule has 7 nitrogen and oxygen atoms in total. The van der Waals surface area contributed by atoms with Crippen LogP contribution in [-0.2, 0) is 20.4 Å². The summed E-state index contributed by atoms with van der Waals surface area (Å²) < 4.78 is 54.6. The number of hydrogen-bond donors (Lipinski definition) is 3. The number of ether oxygens (including phenoxy) is 3. The van der Waals surface area contributed by atoms with E-state index >= 15 is 0 Å². The first-order valence-electron chi connectivity index (χ1n) is 12.3. The Bertz CT molecular complexity index is 889. The van der Waals surface area contributed by atoms with E-state index in [4.69, 9.17) is 14.2 Å². The van der Waals surface area contributed by atoms with Crippen molar-refractivity contribution >= 4 is 5.97 Å². The molecule has 0 aromatic heterocycles. The van der Waals surface area contributed by atoms with Crippen molar-refractivity contribution in [1.29, 1.82) is 0 Å². The molecule has 1 heterocycles. The zero-order chi connectivity index (χ0) is 26.5. The first-order valence-corrected chi connectivity index (χ1v) is 12.3. The van der Waals surface area contributed by atoms with Crippen LogP contribution < -0.4 is 4.74 Å². The number of alkyl halides is 3. The molecule has 10 heteroatoms. The van der Waals surface area contributed by atoms with Gasteiger partial charge in [0.15, 0.2) is 0 Å². The highest BCUT2D eigenvalue weighted by atomic mass is 19.4. The average molecular weight is 517 g/mol. The first kappa shape index (κ1) is 28.4. The second-order valence-corrected chi connectivity index (χ2v) is 9.78. The topological polar surface area (TPSA) is 109 Å². The van der Waals surface area contributed by atoms with Crippen LogP contribution in [0.5, 0.6) is 5.75 Å². The Morgan fingerprint density at radius 2 is 1.97 bits per heavy atom. The molecular formula is C26H35F3O7. The summed E-state index contributed by atoms with van der Waals surface area (Å²) in [5, 5.41) is 31.1. The Hall–Kier alpha value is -2.14. The maximum absolute atomic E-state index is 12.8. The van der Waals surface area contributed by atoms with Gasteiger partial charge >= 0.3 is 12.1 Å². The van der Waals surface area contributed by atoms with Crippen molar-refractivity contribution < 1.29 is 47.5 Å². The number of carbonyl (C=O) groups is 1. The van der Waals surface area contributed by atoms with Crippen LogP contribution in [0, 0.1) is 11.8 Å². The molecule has 2 aliphatic rings. The third kappa shape index (κ3) is 8.47. The van der Waals surface area contributed by atoms with Gasteiger partial charge in [-0.3, -0.25) is 4.79 Å². The summed E-state index contributed by atoms with van der Waals surface area (Å²) in [4.78, 5) is 11.6. The molecule has 36 heavy (non-hydrogen) atoms. The van der Waals surface area contributed by atoms with Crippen LogP contribution in [0.4, 0.5) is 13.2 Å². The Morgan fingerprint density at radius 3 is 2.67 bits per heavy atom. The zero-order valence-electron chi connectivity index (χ0n) is 20.4. The highest BCUT2D eigenvalue weighted by Gasteiger charge is 2.47. The Morgan fingerprint density at radius 1 is 1.22 bits per heavy atom. The lowest BCUT2D eigenvalue weighted by atomic mass is 9.88. The number of aliphatic hydroxyl groups excluding tert-OH is 3. The van der Waals surface area contributed by atoms with Gasteiger partial charge in [-0.2, -0.15) is 13.2 Å². The molecule has 0 bridgehead atoms. The lowest BCUT2D eigenvalue weighted by Crippen LogP contribution is -2.23. The number of esters is 1. The molecule has 1 aliphatic heterocycles. The predicted molar refractivity (Wildman–Crippen MR) is 124 cm³/mol. The molecule has 1 saturated heterocycles. The van der Waals surface area contributed by atoms with Gasteiger partial charge in [0.05, 0.1) is 36.1 Å². The third-order valence-corrected chi connectivity index (χ3v) is 6.48. The van der Waals surface area contributed by atoms with Crippen molar-refractivity contribution in [1.82, 2.24) is 0 Å². The first-order chi connectivity index (χ1) is 16.9. The Kier molecular flexibility index (Phi) is 9.79. The van der Waals surface area contributed by atoms with Gasteiger partial charge in [0, 0.05) is 18.8 Å². The van der Waals surface area contributed by atoms with Crippen LogP contribution >= 0.6 is 0 Å². The van der Waals surface area contributed by atoms with E-state index in [1.165, 1.54) is 18.2 Å². The van der Waals surface area contributed by atoms with E-state index in [-0.39, 0.29) is 49.0 Å². The summed E-state index contributed by atoms with van der Waals surface area (Å²) in [6, 6.07) is 4.40. The van der Waals surface area contributed by atoms with E-state index in [2.05, 4.69) is 0 Å². The van der Waals surface area contributed by atoms with Crippen molar-refractivity contribution in [3.05, 3.63) is 42.0 Å². The minimum atomic E-state index is -4.49. The molecule has 0 amide bonds. The van der Waals surface area contributed by atoms with Crippen LogP contribution in [0.25, 0.3) is 0 Å². The summed E-state index contributed by atoms with van der Waals surface area (Å²) in [7, 11) is 0. The molecule has 1 saturated carbocycles. The van der Waals surface area contributed by atoms with Gasteiger partial charge in [-0.1, -0.05) is 18.2 Å². The van der Waals surface area contributed by atoms with Gasteiger partial charge in [-0.05, 0) is 57.2 Å². The average Bonchev–Trinajstić information content (AvgIpc) is 3.47. The number of halogens is 3. The maximum Gasteiger partial charge on any atom is 0.416 e. The fraction of sp³-hybridized carbons (Fsp3) is 0.654. The molecule has 0 spiro atoms. The standard InChI is InChI=1S/C26H35F3O7/c1-15(2)35-25(33)8-4-7-23-24(36-23)12-20-19(21(31)13-22(20)32)10-9-17(30)14-34-18-6-3-5-16(11-18)26(27,28)29/h3,5-6,9-11,15,17,19-24,30-32H,4,7-8,12-14H2,1-2H3/b10-9+/t17-,19-,20-,21-,22+,23?,24?/m1/s1. The van der Waals surface area contributed by atoms with Gasteiger partial charge < -0.3 is 29.5 Å². The lowest BCUT2D eigenvalue weighted by Gasteiger charge is -2.20. The predicted octanol–water partition coefficient (Wildman–Crippen LogP) is 3.64. The van der Waals surface area contributed by atoms with E-state index in [1.807, 2.05) is 0 Å². The van der Waals surface area contributed by atoms with Crippen molar-refractivity contribution in [3.8, 4) is 5.75 Å². The normalized spacial score (nSPS) is 29.0. The number of hydrogen-bond acceptors (Lipinski definition) is 7. The Balaban J connectivity index is 1.45. The van der Waals surface area contributed by atoms with E-state index in [1.54, 1.807) is 19.9 Å². The minimum Gasteiger partial charge on any atom is -0.491 e. The molecule has 202 valence electrons. The van der Waals surface area contributed by atoms with Crippen LogP contribution in [0.15, 0.2) is 36.4 Å². The van der Waals surface area contributed by atoms with Crippen LogP contribution in [-0.4, -0.2) is 64.5 Å². The number of benzene rings is 1. The van der Waals surface area contributed by atoms with Gasteiger partial charge in [-0.15, -0.1) is 0 Å². The second-order valence-electron chi connectivity index (χ2n) is 9.78. The molecule has 1 aromatic carbocycles. The highest BCUT2D eigenvalue weighted by molar-refractivity contribution is 5.69. The van der Waals surface area contributed by atoms with Crippen molar-refractivity contribution in [2.75, 3.05) is 6.61 Å². The SMILES string of the molecule is CC(C)OC(=O)CCCC1OC1C[C@@H]1[C@@H](/C=C/[C@@H](O)COc2cccc(C(F)(F)F)c2)[C@H](O)C[C@@H]1O. The van der Waals surface area contributed by atoms with E-state index in [9.17, 15) is 33.3 Å². The second kappa shape index (κ2) is 12.4. The van der Waals surface area contributed by atoms with Gasteiger partial charge in [0.2, 0.25) is 0 Å². The zero-order valence-corrected chi connectivity index (χ0v) is 20.4. The fourth-order valence-electron chi connectivity index (χ4n) is 4.64. The van der Waals surface area contributed by atoms with Crippen LogP contribution in [0.3, 0.4) is 0 Å². The molecule has 7 atom stereocenters. The van der Waals surface area contributed by atoms with Crippen molar-refractivity contribution in [2.45, 2.75) is 88.8 Å². The number of rotatable bonds is 12. The fourth-order valence-corrected chi connectivity index (χ4v) is 4.64. The summed E-state index contributed by atoms with van der Waals surface area (Å²) in [6.07, 6.45) is -1.87. The summed E-state index contributed by atoms with van der Waals surface area (Å²) in [5.41, 5.74) is -0.841. The van der Waals surface area contributed by atoms with Crippen LogP contribution in [0.1, 0.15) is 51.5 Å². The van der Waals surface area contributed by atoms with Gasteiger partial charge in [0.25, 0.3) is 0 Å². The molecule has 1 aromatic rings. The maximum atomic E-state index is 12.8. The summed E-state index contributed by atoms with van der Waals surface area (Å²) >= 11 is 0. The molecule has 1 aliphatic carbocycles. The van der Waals surface area contributed by atoms with E-state index < -0.39 is 36.0 Å². The van der Waals surface area contributed by atoms with E-state index in [0.29, 0.717) is 25.7 Å². The Labute approximate surface area is 208 Å². The number of epoxide rings is 1. The molecule has 3 rings (SSSR count). The minimum absolute atomic E-state index is 0.00197. The smallest absolute Gasteiger partial charge is 0.416 e. The number of aliphatic hydroxyl groups is 3. The monoisotopic (exact) mass is 516 g/mol.